The SMILES string of the molecule is CCCCCO[C@@H]1O[C@@H](C)[C@H](OCc2ccccc2)[C@@H](O[C@H]2O[C@H](COCc3ccccc3)[C@@H](OCc3ccccc3)[C@H](OCc3ccccc3)[C@H]2OCc2ccccc2)[C@H]1OC(C)=O. The van der Waals surface area contributed by atoms with Gasteiger partial charge in [-0.3, -0.25) is 4.79 Å². The number of hydrogen-bond acceptors (Lipinski definition) is 11. The second-order valence-corrected chi connectivity index (χ2v) is 16.6. The summed E-state index contributed by atoms with van der Waals surface area (Å²) < 4.78 is 67.4. The highest BCUT2D eigenvalue weighted by Crippen LogP contribution is 2.36. The molecule has 7 rings (SSSR count). The maximum Gasteiger partial charge on any atom is 0.303 e. The van der Waals surface area contributed by atoms with Crippen molar-refractivity contribution in [1.29, 1.82) is 0 Å². The van der Waals surface area contributed by atoms with Gasteiger partial charge in [-0.05, 0) is 41.2 Å². The summed E-state index contributed by atoms with van der Waals surface area (Å²) in [5.74, 6) is -0.516. The molecule has 0 saturated carbocycles. The Labute approximate surface area is 384 Å². The Morgan fingerprint density at radius 3 is 1.40 bits per heavy atom. The Morgan fingerprint density at radius 1 is 0.477 bits per heavy atom. The van der Waals surface area contributed by atoms with Gasteiger partial charge in [0, 0.05) is 13.5 Å². The van der Waals surface area contributed by atoms with Crippen LogP contribution >= 0.6 is 0 Å². The van der Waals surface area contributed by atoms with Crippen LogP contribution in [0.25, 0.3) is 0 Å². The van der Waals surface area contributed by atoms with E-state index in [1.807, 2.05) is 159 Å². The number of unbranched alkanes of at least 4 members (excludes halogenated alkanes) is 2. The largest absolute Gasteiger partial charge is 0.454 e. The monoisotopic (exact) mass is 888 g/mol. The lowest BCUT2D eigenvalue weighted by molar-refractivity contribution is -0.372. The van der Waals surface area contributed by atoms with Gasteiger partial charge in [-0.15, -0.1) is 0 Å². The quantitative estimate of drug-likeness (QED) is 0.0437. The van der Waals surface area contributed by atoms with Crippen molar-refractivity contribution in [1.82, 2.24) is 0 Å². The first-order valence-corrected chi connectivity index (χ1v) is 22.9. The molecule has 5 aromatic rings. The Hall–Kier alpha value is -4.79. The average molecular weight is 889 g/mol. The Balaban J connectivity index is 1.28. The van der Waals surface area contributed by atoms with Crippen molar-refractivity contribution in [3.8, 4) is 0 Å². The molecule has 0 aliphatic carbocycles. The molecule has 346 valence electrons. The van der Waals surface area contributed by atoms with Gasteiger partial charge in [0.2, 0.25) is 0 Å². The lowest BCUT2D eigenvalue weighted by Crippen LogP contribution is -2.66. The summed E-state index contributed by atoms with van der Waals surface area (Å²) in [6.07, 6.45) is -5.54. The summed E-state index contributed by atoms with van der Waals surface area (Å²) in [4.78, 5) is 13.0. The fraction of sp³-hybridized carbons (Fsp3) is 0.426. The predicted octanol–water partition coefficient (Wildman–Crippen LogP) is 9.54. The smallest absolute Gasteiger partial charge is 0.303 e. The van der Waals surface area contributed by atoms with Gasteiger partial charge in [0.05, 0.1) is 45.7 Å². The van der Waals surface area contributed by atoms with Crippen LogP contribution in [0.4, 0.5) is 0 Å². The Morgan fingerprint density at radius 2 is 0.923 bits per heavy atom. The summed E-state index contributed by atoms with van der Waals surface area (Å²) in [5.41, 5.74) is 4.89. The molecule has 2 aliphatic heterocycles. The minimum Gasteiger partial charge on any atom is -0.454 e. The van der Waals surface area contributed by atoms with Gasteiger partial charge in [-0.25, -0.2) is 0 Å². The van der Waals surface area contributed by atoms with Gasteiger partial charge in [0.25, 0.3) is 0 Å². The first-order valence-electron chi connectivity index (χ1n) is 22.9. The first kappa shape index (κ1) is 48.2. The molecular weight excluding hydrogens is 825 g/mol. The minimum absolute atomic E-state index is 0.138. The Bertz CT molecular complexity index is 2060. The molecule has 5 aromatic carbocycles. The highest BCUT2D eigenvalue weighted by molar-refractivity contribution is 5.66. The van der Waals surface area contributed by atoms with E-state index in [4.69, 9.17) is 47.4 Å². The molecule has 11 nitrogen and oxygen atoms in total. The summed E-state index contributed by atoms with van der Waals surface area (Å²) in [6, 6.07) is 49.8. The van der Waals surface area contributed by atoms with Crippen LogP contribution in [-0.2, 0) is 85.2 Å². The zero-order chi connectivity index (χ0) is 45.1. The van der Waals surface area contributed by atoms with E-state index in [0.717, 1.165) is 47.1 Å². The van der Waals surface area contributed by atoms with Crippen LogP contribution < -0.4 is 0 Å². The molecule has 2 saturated heterocycles. The van der Waals surface area contributed by atoms with Gasteiger partial charge in [-0.1, -0.05) is 171 Å². The van der Waals surface area contributed by atoms with Crippen LogP contribution in [0.2, 0.25) is 0 Å². The molecule has 2 heterocycles. The van der Waals surface area contributed by atoms with E-state index in [2.05, 4.69) is 6.92 Å². The fourth-order valence-electron chi connectivity index (χ4n) is 8.14. The molecule has 10 atom stereocenters. The third-order valence-electron chi connectivity index (χ3n) is 11.5. The van der Waals surface area contributed by atoms with Gasteiger partial charge >= 0.3 is 5.97 Å². The fourth-order valence-corrected chi connectivity index (χ4v) is 8.14. The maximum atomic E-state index is 13.0. The number of rotatable bonds is 24. The van der Waals surface area contributed by atoms with Crippen molar-refractivity contribution in [3.05, 3.63) is 179 Å². The van der Waals surface area contributed by atoms with Crippen molar-refractivity contribution in [2.24, 2.45) is 0 Å². The van der Waals surface area contributed by atoms with E-state index in [1.54, 1.807) is 0 Å². The molecule has 11 heteroatoms. The van der Waals surface area contributed by atoms with Crippen LogP contribution in [0.1, 0.15) is 67.9 Å². The molecule has 0 spiro atoms. The molecule has 0 aromatic heterocycles. The highest BCUT2D eigenvalue weighted by atomic mass is 16.8. The third-order valence-corrected chi connectivity index (χ3v) is 11.5. The Kier molecular flexibility index (Phi) is 19.1. The van der Waals surface area contributed by atoms with Gasteiger partial charge in [-0.2, -0.15) is 0 Å². The molecule has 2 aliphatic rings. The van der Waals surface area contributed by atoms with E-state index >= 15 is 0 Å². The number of esters is 1. The van der Waals surface area contributed by atoms with Crippen LogP contribution in [0.5, 0.6) is 0 Å². The number of ether oxygens (including phenoxy) is 10. The van der Waals surface area contributed by atoms with Crippen molar-refractivity contribution in [2.75, 3.05) is 13.2 Å². The lowest BCUT2D eigenvalue weighted by atomic mass is 9.96. The van der Waals surface area contributed by atoms with Gasteiger partial charge in [0.1, 0.15) is 36.6 Å². The molecule has 0 amide bonds. The van der Waals surface area contributed by atoms with Crippen molar-refractivity contribution in [3.63, 3.8) is 0 Å². The van der Waals surface area contributed by atoms with Crippen LogP contribution in [0, 0.1) is 0 Å². The molecule has 0 bridgehead atoms. The molecule has 2 fully saturated rings. The second kappa shape index (κ2) is 25.8. The number of hydrogen-bond donors (Lipinski definition) is 0. The van der Waals surface area contributed by atoms with Gasteiger partial charge in [0.15, 0.2) is 18.7 Å². The predicted molar refractivity (Wildman–Crippen MR) is 245 cm³/mol. The molecule has 0 unspecified atom stereocenters. The maximum absolute atomic E-state index is 13.0. The van der Waals surface area contributed by atoms with Crippen LogP contribution in [-0.4, -0.2) is 80.6 Å². The van der Waals surface area contributed by atoms with E-state index in [9.17, 15) is 4.79 Å². The molecule has 0 N–H and O–H groups in total. The van der Waals surface area contributed by atoms with Crippen molar-refractivity contribution in [2.45, 2.75) is 134 Å². The molecular formula is C54H64O11. The van der Waals surface area contributed by atoms with E-state index in [-0.39, 0.29) is 33.0 Å². The van der Waals surface area contributed by atoms with Crippen molar-refractivity contribution >= 4 is 5.97 Å². The minimum atomic E-state index is -1.11. The summed E-state index contributed by atoms with van der Waals surface area (Å²) >= 11 is 0. The highest BCUT2D eigenvalue weighted by Gasteiger charge is 2.54. The van der Waals surface area contributed by atoms with E-state index in [0.29, 0.717) is 13.2 Å². The lowest BCUT2D eigenvalue weighted by Gasteiger charge is -2.49. The molecule has 65 heavy (non-hydrogen) atoms. The number of carbonyl (C=O) groups excluding carboxylic acids is 1. The topological polar surface area (TPSA) is 109 Å². The van der Waals surface area contributed by atoms with Crippen LogP contribution in [0.3, 0.4) is 0 Å². The summed E-state index contributed by atoms with van der Waals surface area (Å²) in [7, 11) is 0. The zero-order valence-electron chi connectivity index (χ0n) is 37.8. The zero-order valence-corrected chi connectivity index (χ0v) is 37.8. The average Bonchev–Trinajstić information content (AvgIpc) is 3.33. The van der Waals surface area contributed by atoms with Crippen LogP contribution in [0.15, 0.2) is 152 Å². The number of benzene rings is 5. The first-order chi connectivity index (χ1) is 31.9. The van der Waals surface area contributed by atoms with E-state index in [1.165, 1.54) is 6.92 Å². The van der Waals surface area contributed by atoms with Crippen molar-refractivity contribution < 1.29 is 52.2 Å². The standard InChI is InChI=1S/C54H64O11/c1-4-5-21-32-57-53-52(63-40(3)55)50(47(39(2)62-53)58-34-42-24-13-7-14-25-42)65-54-51(61-37-45-30-19-10-20-31-45)49(60-36-44-28-17-9-18-29-44)48(59-35-43-26-15-8-16-27-43)46(64-54)38-56-33-41-22-11-6-12-23-41/h6-20,22-31,39,46-54H,4-5,21,32-38H2,1-3H3/t39-,46+,47-,48+,49-,50+,51+,52+,53+,54+/m0/s1. The van der Waals surface area contributed by atoms with Gasteiger partial charge < -0.3 is 47.4 Å². The van der Waals surface area contributed by atoms with E-state index < -0.39 is 67.4 Å². The molecule has 0 radical (unpaired) electrons. The number of carbonyl (C=O) groups is 1. The normalized spacial score (nSPS) is 25.5. The third kappa shape index (κ3) is 14.6. The summed E-state index contributed by atoms with van der Waals surface area (Å²) in [5, 5.41) is 0. The summed E-state index contributed by atoms with van der Waals surface area (Å²) in [6.45, 7) is 7.32. The second-order valence-electron chi connectivity index (χ2n) is 16.6.